The molecule has 0 spiro atoms. The molecular weight excluding hydrogens is 278 g/mol. The quantitative estimate of drug-likeness (QED) is 0.764. The van der Waals surface area contributed by atoms with Crippen LogP contribution in [0.2, 0.25) is 0 Å². The number of halogens is 1. The Morgan fingerprint density at radius 1 is 1.47 bits per heavy atom. The van der Waals surface area contributed by atoms with Crippen LogP contribution in [0.25, 0.3) is 11.2 Å². The van der Waals surface area contributed by atoms with Crippen LogP contribution >= 0.6 is 23.4 Å². The molecule has 2 heterocycles. The highest BCUT2D eigenvalue weighted by molar-refractivity contribution is 7.98. The molecule has 0 amide bonds. The number of imidazole rings is 1. The largest absolute Gasteiger partial charge is 0.312 e. The maximum atomic E-state index is 5.90. The van der Waals surface area contributed by atoms with Crippen molar-refractivity contribution in [1.82, 2.24) is 14.5 Å². The summed E-state index contributed by atoms with van der Waals surface area (Å²) >= 11 is 7.77. The lowest BCUT2D eigenvalue weighted by Crippen LogP contribution is -2.13. The average Bonchev–Trinajstić information content (AvgIpc) is 2.71. The van der Waals surface area contributed by atoms with Crippen LogP contribution in [-0.2, 0) is 13.0 Å². The highest BCUT2D eigenvalue weighted by Crippen LogP contribution is 2.20. The van der Waals surface area contributed by atoms with Gasteiger partial charge in [-0.05, 0) is 36.5 Å². The molecule has 5 heteroatoms. The van der Waals surface area contributed by atoms with Gasteiger partial charge in [-0.25, -0.2) is 9.97 Å². The van der Waals surface area contributed by atoms with E-state index in [4.69, 9.17) is 16.6 Å². The van der Waals surface area contributed by atoms with E-state index in [-0.39, 0.29) is 0 Å². The highest BCUT2D eigenvalue weighted by atomic mass is 35.5. The third kappa shape index (κ3) is 3.23. The Morgan fingerprint density at radius 3 is 2.95 bits per heavy atom. The third-order valence-corrected chi connectivity index (χ3v) is 4.27. The number of pyridine rings is 1. The second-order valence-electron chi connectivity index (χ2n) is 4.94. The van der Waals surface area contributed by atoms with Gasteiger partial charge in [0.15, 0.2) is 5.65 Å². The minimum atomic E-state index is 0.597. The average molecular weight is 298 g/mol. The van der Waals surface area contributed by atoms with Crippen molar-refractivity contribution in [2.45, 2.75) is 26.8 Å². The van der Waals surface area contributed by atoms with Crippen molar-refractivity contribution < 1.29 is 0 Å². The van der Waals surface area contributed by atoms with Crippen molar-refractivity contribution in [3.05, 3.63) is 23.7 Å². The first-order chi connectivity index (χ1) is 9.17. The zero-order valence-corrected chi connectivity index (χ0v) is 13.3. The van der Waals surface area contributed by atoms with E-state index in [0.29, 0.717) is 11.8 Å². The number of alkyl halides is 1. The van der Waals surface area contributed by atoms with Crippen LogP contribution in [0.4, 0.5) is 0 Å². The molecule has 0 bridgehead atoms. The lowest BCUT2D eigenvalue weighted by molar-refractivity contribution is 0.524. The summed E-state index contributed by atoms with van der Waals surface area (Å²) in [6.07, 6.45) is 4.80. The maximum absolute atomic E-state index is 5.90. The number of thioether (sulfide) groups is 1. The van der Waals surface area contributed by atoms with E-state index in [0.717, 1.165) is 35.7 Å². The van der Waals surface area contributed by atoms with E-state index < -0.39 is 0 Å². The summed E-state index contributed by atoms with van der Waals surface area (Å²) in [4.78, 5) is 9.23. The van der Waals surface area contributed by atoms with E-state index in [1.165, 1.54) is 5.56 Å². The number of fused-ring (bicyclic) bond motifs is 1. The summed E-state index contributed by atoms with van der Waals surface area (Å²) < 4.78 is 2.24. The number of hydrogen-bond acceptors (Lipinski definition) is 3. The van der Waals surface area contributed by atoms with E-state index in [1.54, 1.807) is 0 Å². The minimum Gasteiger partial charge on any atom is -0.312 e. The highest BCUT2D eigenvalue weighted by Gasteiger charge is 2.15. The van der Waals surface area contributed by atoms with Crippen LogP contribution in [0.15, 0.2) is 12.3 Å². The van der Waals surface area contributed by atoms with Gasteiger partial charge in [-0.1, -0.05) is 6.92 Å². The van der Waals surface area contributed by atoms with Gasteiger partial charge in [-0.3, -0.25) is 0 Å². The number of aromatic nitrogens is 3. The zero-order chi connectivity index (χ0) is 13.8. The monoisotopic (exact) mass is 297 g/mol. The molecule has 0 aliphatic heterocycles. The number of hydrogen-bond donors (Lipinski definition) is 0. The molecule has 0 saturated carbocycles. The number of nitrogens with zero attached hydrogens (tertiary/aromatic N) is 3. The Bertz CT molecular complexity index is 553. The summed E-state index contributed by atoms with van der Waals surface area (Å²) in [6.45, 7) is 5.31. The smallest absolute Gasteiger partial charge is 0.160 e. The Labute approximate surface area is 123 Å². The molecule has 0 N–H and O–H groups in total. The number of rotatable bonds is 6. The molecule has 0 fully saturated rings. The minimum absolute atomic E-state index is 0.597. The molecule has 104 valence electrons. The van der Waals surface area contributed by atoms with Gasteiger partial charge in [0.25, 0.3) is 0 Å². The second-order valence-corrected chi connectivity index (χ2v) is 6.23. The van der Waals surface area contributed by atoms with E-state index in [2.05, 4.69) is 29.7 Å². The van der Waals surface area contributed by atoms with Crippen molar-refractivity contribution in [3.8, 4) is 0 Å². The van der Waals surface area contributed by atoms with Gasteiger partial charge in [0.05, 0.1) is 0 Å². The van der Waals surface area contributed by atoms with Gasteiger partial charge in [0.2, 0.25) is 0 Å². The van der Waals surface area contributed by atoms with Crippen LogP contribution in [-0.4, -0.2) is 32.4 Å². The molecule has 2 rings (SSSR count). The Hall–Kier alpha value is -0.740. The number of aryl methyl sites for hydroxylation is 2. The van der Waals surface area contributed by atoms with Crippen molar-refractivity contribution >= 4 is 34.5 Å². The molecule has 0 aliphatic carbocycles. The molecule has 1 unspecified atom stereocenters. The van der Waals surface area contributed by atoms with Crippen molar-refractivity contribution in [3.63, 3.8) is 0 Å². The standard InChI is InChI=1S/C14H20ClN3S/c1-10(9-19-3)8-18-12(4-6-15)17-13-11(2)5-7-16-14(13)18/h5,7,10H,4,6,8-9H2,1-3H3. The molecule has 3 nitrogen and oxygen atoms in total. The SMILES string of the molecule is CSCC(C)Cn1c(CCCl)nc2c(C)ccnc21. The molecule has 2 aromatic heterocycles. The first-order valence-electron chi connectivity index (χ1n) is 6.53. The third-order valence-electron chi connectivity index (χ3n) is 3.18. The molecule has 2 aromatic rings. The summed E-state index contributed by atoms with van der Waals surface area (Å²) in [5, 5.41) is 0. The van der Waals surface area contributed by atoms with Crippen molar-refractivity contribution in [2.24, 2.45) is 5.92 Å². The van der Waals surface area contributed by atoms with Gasteiger partial charge >= 0.3 is 0 Å². The topological polar surface area (TPSA) is 30.7 Å². The summed E-state index contributed by atoms with van der Waals surface area (Å²) in [5.41, 5.74) is 3.18. The first-order valence-corrected chi connectivity index (χ1v) is 8.45. The lowest BCUT2D eigenvalue weighted by Gasteiger charge is -2.13. The summed E-state index contributed by atoms with van der Waals surface area (Å²) in [5.74, 6) is 3.40. The van der Waals surface area contributed by atoms with E-state index in [1.807, 2.05) is 24.0 Å². The fourth-order valence-corrected chi connectivity index (χ4v) is 3.14. The van der Waals surface area contributed by atoms with Crippen LogP contribution in [0.3, 0.4) is 0 Å². The summed E-state index contributed by atoms with van der Waals surface area (Å²) in [7, 11) is 0. The molecule has 0 aromatic carbocycles. The fourth-order valence-electron chi connectivity index (χ4n) is 2.30. The maximum Gasteiger partial charge on any atom is 0.160 e. The van der Waals surface area contributed by atoms with Crippen LogP contribution in [0, 0.1) is 12.8 Å². The van der Waals surface area contributed by atoms with Gasteiger partial charge in [-0.2, -0.15) is 11.8 Å². The molecule has 0 aliphatic rings. The first kappa shape index (κ1) is 14.7. The Balaban J connectivity index is 2.43. The molecule has 19 heavy (non-hydrogen) atoms. The molecule has 0 saturated heterocycles. The zero-order valence-electron chi connectivity index (χ0n) is 11.7. The predicted molar refractivity (Wildman–Crippen MR) is 84.2 cm³/mol. The molecule has 1 atom stereocenters. The van der Waals surface area contributed by atoms with Gasteiger partial charge in [-0.15, -0.1) is 11.6 Å². The van der Waals surface area contributed by atoms with E-state index >= 15 is 0 Å². The van der Waals surface area contributed by atoms with Crippen LogP contribution < -0.4 is 0 Å². The van der Waals surface area contributed by atoms with Crippen LogP contribution in [0.1, 0.15) is 18.3 Å². The molecule has 0 radical (unpaired) electrons. The van der Waals surface area contributed by atoms with Crippen molar-refractivity contribution in [2.75, 3.05) is 17.9 Å². The molecular formula is C14H20ClN3S. The fraction of sp³-hybridized carbons (Fsp3) is 0.571. The van der Waals surface area contributed by atoms with Gasteiger partial charge < -0.3 is 4.57 Å². The van der Waals surface area contributed by atoms with E-state index in [9.17, 15) is 0 Å². The Kier molecular flexibility index (Phi) is 5.11. The Morgan fingerprint density at radius 2 is 2.26 bits per heavy atom. The lowest BCUT2D eigenvalue weighted by atomic mass is 10.2. The van der Waals surface area contributed by atoms with Crippen LogP contribution in [0.5, 0.6) is 0 Å². The normalized spacial score (nSPS) is 13.1. The second kappa shape index (κ2) is 6.62. The summed E-state index contributed by atoms with van der Waals surface area (Å²) in [6, 6.07) is 2.01. The predicted octanol–water partition coefficient (Wildman–Crippen LogP) is 3.52. The van der Waals surface area contributed by atoms with Gasteiger partial charge in [0, 0.05) is 25.0 Å². The van der Waals surface area contributed by atoms with Gasteiger partial charge in [0.1, 0.15) is 11.3 Å². The van der Waals surface area contributed by atoms with Crippen molar-refractivity contribution in [1.29, 1.82) is 0 Å².